The molecule has 1 rings (SSSR count). The molecule has 0 saturated heterocycles. The Balaban J connectivity index is 3.12. The summed E-state index contributed by atoms with van der Waals surface area (Å²) in [7, 11) is 0. The van der Waals surface area contributed by atoms with Gasteiger partial charge in [-0.05, 0) is 25.8 Å². The fourth-order valence-electron chi connectivity index (χ4n) is 2.37. The maximum absolute atomic E-state index is 13.8. The van der Waals surface area contributed by atoms with Crippen molar-refractivity contribution in [3.8, 4) is 0 Å². The van der Waals surface area contributed by atoms with Crippen LogP contribution in [0, 0.1) is 28.8 Å². The minimum Gasteiger partial charge on any atom is -0.339 e. The van der Waals surface area contributed by atoms with E-state index in [1.54, 1.807) is 4.90 Å². The zero-order valence-corrected chi connectivity index (χ0v) is 13.6. The molecule has 0 atom stereocenters. The lowest BCUT2D eigenvalue weighted by molar-refractivity contribution is -0.385. The lowest BCUT2D eigenvalue weighted by Crippen LogP contribution is -2.35. The first-order valence-electron chi connectivity index (χ1n) is 7.59. The molecule has 0 radical (unpaired) electrons. The molecule has 22 heavy (non-hydrogen) atoms. The van der Waals surface area contributed by atoms with Crippen molar-refractivity contribution in [3.05, 3.63) is 39.2 Å². The first kappa shape index (κ1) is 18.1. The zero-order chi connectivity index (χ0) is 16.9. The van der Waals surface area contributed by atoms with Crippen molar-refractivity contribution in [3.63, 3.8) is 0 Å². The van der Waals surface area contributed by atoms with Gasteiger partial charge in [0.1, 0.15) is 5.82 Å². The monoisotopic (exact) mass is 310 g/mol. The van der Waals surface area contributed by atoms with Gasteiger partial charge in [0.2, 0.25) is 0 Å². The summed E-state index contributed by atoms with van der Waals surface area (Å²) in [6, 6.07) is 2.25. The van der Waals surface area contributed by atoms with Gasteiger partial charge in [0.25, 0.3) is 11.6 Å². The average Bonchev–Trinajstić information content (AvgIpc) is 2.50. The van der Waals surface area contributed by atoms with Gasteiger partial charge in [-0.15, -0.1) is 0 Å². The van der Waals surface area contributed by atoms with Gasteiger partial charge in [0.05, 0.1) is 10.5 Å². The largest absolute Gasteiger partial charge is 0.339 e. The Morgan fingerprint density at radius 2 is 1.91 bits per heavy atom. The number of rotatable bonds is 7. The Labute approximate surface area is 130 Å². The van der Waals surface area contributed by atoms with Crippen LogP contribution >= 0.6 is 0 Å². The molecular formula is C16H23FN2O3. The van der Waals surface area contributed by atoms with Gasteiger partial charge in [-0.2, -0.15) is 0 Å². The molecule has 0 heterocycles. The maximum Gasteiger partial charge on any atom is 0.276 e. The molecule has 0 spiro atoms. The molecule has 0 aromatic heterocycles. The smallest absolute Gasteiger partial charge is 0.276 e. The van der Waals surface area contributed by atoms with Gasteiger partial charge in [-0.25, -0.2) is 4.39 Å². The van der Waals surface area contributed by atoms with Crippen LogP contribution in [0.25, 0.3) is 0 Å². The van der Waals surface area contributed by atoms with Crippen LogP contribution in [0.2, 0.25) is 0 Å². The molecule has 0 bridgehead atoms. The normalized spacial score (nSPS) is 10.8. The number of amides is 1. The number of carbonyl (C=O) groups is 1. The van der Waals surface area contributed by atoms with Gasteiger partial charge in [-0.1, -0.05) is 26.7 Å². The SMILES string of the molecule is CCC(CC)CN(CC)C(=O)c1cc(F)c(C)c([N+](=O)[O-])c1. The zero-order valence-electron chi connectivity index (χ0n) is 13.6. The summed E-state index contributed by atoms with van der Waals surface area (Å²) in [5.41, 5.74) is -0.380. The van der Waals surface area contributed by atoms with Crippen molar-refractivity contribution in [2.24, 2.45) is 5.92 Å². The van der Waals surface area contributed by atoms with Crippen molar-refractivity contribution in [1.82, 2.24) is 4.90 Å². The summed E-state index contributed by atoms with van der Waals surface area (Å²) < 4.78 is 13.8. The van der Waals surface area contributed by atoms with Crippen molar-refractivity contribution >= 4 is 11.6 Å². The Kier molecular flexibility index (Phi) is 6.46. The highest BCUT2D eigenvalue weighted by Gasteiger charge is 2.23. The highest BCUT2D eigenvalue weighted by atomic mass is 19.1. The van der Waals surface area contributed by atoms with Crippen molar-refractivity contribution < 1.29 is 14.1 Å². The Morgan fingerprint density at radius 3 is 2.36 bits per heavy atom. The van der Waals surface area contributed by atoms with Crippen LogP contribution in [0.15, 0.2) is 12.1 Å². The molecule has 1 amide bonds. The van der Waals surface area contributed by atoms with E-state index in [9.17, 15) is 19.3 Å². The molecule has 0 saturated carbocycles. The molecule has 122 valence electrons. The van der Waals surface area contributed by atoms with E-state index < -0.39 is 10.7 Å². The fourth-order valence-corrected chi connectivity index (χ4v) is 2.37. The van der Waals surface area contributed by atoms with Crippen molar-refractivity contribution in [2.45, 2.75) is 40.5 Å². The van der Waals surface area contributed by atoms with Crippen LogP contribution in [0.4, 0.5) is 10.1 Å². The predicted octanol–water partition coefficient (Wildman–Crippen LogP) is 3.94. The summed E-state index contributed by atoms with van der Waals surface area (Å²) in [5, 5.41) is 11.0. The van der Waals surface area contributed by atoms with Crippen LogP contribution in [0.1, 0.15) is 49.5 Å². The third-order valence-corrected chi connectivity index (χ3v) is 4.06. The predicted molar refractivity (Wildman–Crippen MR) is 83.4 cm³/mol. The number of benzene rings is 1. The second kappa shape index (κ2) is 7.87. The number of hydrogen-bond donors (Lipinski definition) is 0. The molecular weight excluding hydrogens is 287 g/mol. The molecule has 1 aromatic rings. The summed E-state index contributed by atoms with van der Waals surface area (Å²) >= 11 is 0. The summed E-state index contributed by atoms with van der Waals surface area (Å²) in [4.78, 5) is 24.4. The topological polar surface area (TPSA) is 63.5 Å². The number of nitro groups is 1. The fraction of sp³-hybridized carbons (Fsp3) is 0.562. The summed E-state index contributed by atoms with van der Waals surface area (Å²) in [5.74, 6) is -0.721. The first-order valence-corrected chi connectivity index (χ1v) is 7.59. The van der Waals surface area contributed by atoms with E-state index in [-0.39, 0.29) is 22.7 Å². The second-order valence-electron chi connectivity index (χ2n) is 5.39. The third-order valence-electron chi connectivity index (χ3n) is 4.06. The van der Waals surface area contributed by atoms with E-state index in [1.165, 1.54) is 6.92 Å². The van der Waals surface area contributed by atoms with Crippen molar-refractivity contribution in [2.75, 3.05) is 13.1 Å². The van der Waals surface area contributed by atoms with E-state index in [0.717, 1.165) is 25.0 Å². The van der Waals surface area contributed by atoms with Gasteiger partial charge in [-0.3, -0.25) is 14.9 Å². The quantitative estimate of drug-likeness (QED) is 0.566. The lowest BCUT2D eigenvalue weighted by atomic mass is 10.0. The van der Waals surface area contributed by atoms with Gasteiger partial charge >= 0.3 is 0 Å². The molecule has 0 fully saturated rings. The maximum atomic E-state index is 13.8. The Morgan fingerprint density at radius 1 is 1.32 bits per heavy atom. The van der Waals surface area contributed by atoms with Crippen molar-refractivity contribution in [1.29, 1.82) is 0 Å². The Hall–Kier alpha value is -1.98. The number of hydrogen-bond acceptors (Lipinski definition) is 3. The van der Waals surface area contributed by atoms with Crippen LogP contribution in [0.5, 0.6) is 0 Å². The van der Waals surface area contributed by atoms with Crippen LogP contribution < -0.4 is 0 Å². The Bertz CT molecular complexity index is 557. The number of nitrogens with zero attached hydrogens (tertiary/aromatic N) is 2. The number of carbonyl (C=O) groups excluding carboxylic acids is 1. The second-order valence-corrected chi connectivity index (χ2v) is 5.39. The molecule has 0 N–H and O–H groups in total. The van der Waals surface area contributed by atoms with Gasteiger partial charge in [0.15, 0.2) is 0 Å². The number of nitro benzene ring substituents is 1. The van der Waals surface area contributed by atoms with Gasteiger partial charge < -0.3 is 4.90 Å². The van der Waals surface area contributed by atoms with Crippen LogP contribution in [0.3, 0.4) is 0 Å². The van der Waals surface area contributed by atoms with E-state index in [1.807, 2.05) is 6.92 Å². The minimum atomic E-state index is -0.726. The standard InChI is InChI=1S/C16H23FN2O3/c1-5-12(6-2)10-18(7-3)16(20)13-8-14(17)11(4)15(9-13)19(21)22/h8-9,12H,5-7,10H2,1-4H3. The molecule has 1 aromatic carbocycles. The van der Waals surface area contributed by atoms with Crippen LogP contribution in [-0.2, 0) is 0 Å². The molecule has 0 aliphatic heterocycles. The summed E-state index contributed by atoms with van der Waals surface area (Å²) in [6.45, 7) is 8.36. The molecule has 0 unspecified atom stereocenters. The van der Waals surface area contributed by atoms with E-state index >= 15 is 0 Å². The van der Waals surface area contributed by atoms with E-state index in [0.29, 0.717) is 19.0 Å². The lowest BCUT2D eigenvalue weighted by Gasteiger charge is -2.25. The van der Waals surface area contributed by atoms with Gasteiger partial charge in [0, 0.05) is 24.7 Å². The highest BCUT2D eigenvalue weighted by Crippen LogP contribution is 2.24. The molecule has 6 heteroatoms. The molecule has 0 aliphatic carbocycles. The highest BCUT2D eigenvalue weighted by molar-refractivity contribution is 5.95. The first-order chi connectivity index (χ1) is 10.3. The van der Waals surface area contributed by atoms with E-state index in [4.69, 9.17) is 0 Å². The average molecular weight is 310 g/mol. The molecule has 0 aliphatic rings. The molecule has 5 nitrogen and oxygen atoms in total. The summed E-state index contributed by atoms with van der Waals surface area (Å²) in [6.07, 6.45) is 1.89. The van der Waals surface area contributed by atoms with Crippen LogP contribution in [-0.4, -0.2) is 28.8 Å². The van der Waals surface area contributed by atoms with E-state index in [2.05, 4.69) is 13.8 Å². The minimum absolute atomic E-state index is 0.0302. The number of halogens is 1. The third kappa shape index (κ3) is 4.02.